The molecular formula is C17H15FN2O2. The molecule has 1 aromatic heterocycles. The lowest BCUT2D eigenvalue weighted by Crippen LogP contribution is -2.13. The van der Waals surface area contributed by atoms with Crippen molar-refractivity contribution in [2.75, 3.05) is 12.4 Å². The van der Waals surface area contributed by atoms with Crippen LogP contribution in [0.4, 0.5) is 10.1 Å². The van der Waals surface area contributed by atoms with E-state index in [0.29, 0.717) is 17.0 Å². The fourth-order valence-electron chi connectivity index (χ4n) is 2.56. The molecule has 2 N–H and O–H groups in total. The van der Waals surface area contributed by atoms with Crippen LogP contribution in [-0.4, -0.2) is 18.0 Å². The summed E-state index contributed by atoms with van der Waals surface area (Å²) in [7, 11) is 1.56. The molecule has 2 aromatic carbocycles. The maximum atomic E-state index is 13.2. The standard InChI is InChI=1S/C17H15FN2O2/c1-10-15(16-13(19-10)7-4-8-14(16)22-2)17(21)20-12-6-3-5-11(18)9-12/h3-9,19H,1-2H3,(H,20,21). The molecule has 0 aliphatic rings. The van der Waals surface area contributed by atoms with Crippen molar-refractivity contribution in [1.29, 1.82) is 0 Å². The molecule has 0 bridgehead atoms. The number of nitrogens with one attached hydrogen (secondary N) is 2. The number of ether oxygens (including phenoxy) is 1. The number of halogens is 1. The first-order chi connectivity index (χ1) is 10.6. The van der Waals surface area contributed by atoms with E-state index >= 15 is 0 Å². The highest BCUT2D eigenvalue weighted by atomic mass is 19.1. The summed E-state index contributed by atoms with van der Waals surface area (Å²) < 4.78 is 18.6. The Balaban J connectivity index is 2.05. The van der Waals surface area contributed by atoms with Crippen LogP contribution in [0.3, 0.4) is 0 Å². The Morgan fingerprint density at radius 2 is 2.00 bits per heavy atom. The molecule has 3 aromatic rings. The minimum absolute atomic E-state index is 0.307. The number of carbonyl (C=O) groups excluding carboxylic acids is 1. The normalized spacial score (nSPS) is 10.7. The molecule has 0 saturated carbocycles. The van der Waals surface area contributed by atoms with Gasteiger partial charge in [0.25, 0.3) is 5.91 Å². The summed E-state index contributed by atoms with van der Waals surface area (Å²) in [6.45, 7) is 1.82. The highest BCUT2D eigenvalue weighted by Crippen LogP contribution is 2.31. The molecule has 0 unspecified atom stereocenters. The number of amides is 1. The summed E-state index contributed by atoms with van der Waals surface area (Å²) in [5, 5.41) is 3.43. The number of fused-ring (bicyclic) bond motifs is 1. The molecule has 1 amide bonds. The van der Waals surface area contributed by atoms with Gasteiger partial charge in [-0.2, -0.15) is 0 Å². The number of methoxy groups -OCH3 is 1. The quantitative estimate of drug-likeness (QED) is 0.771. The van der Waals surface area contributed by atoms with Crippen LogP contribution in [0.2, 0.25) is 0 Å². The number of hydrogen-bond donors (Lipinski definition) is 2. The summed E-state index contributed by atoms with van der Waals surface area (Å²) in [4.78, 5) is 15.7. The van der Waals surface area contributed by atoms with Crippen molar-refractivity contribution in [3.05, 3.63) is 59.5 Å². The summed E-state index contributed by atoms with van der Waals surface area (Å²) >= 11 is 0. The van der Waals surface area contributed by atoms with Crippen LogP contribution in [0.5, 0.6) is 5.75 Å². The number of hydrogen-bond acceptors (Lipinski definition) is 2. The smallest absolute Gasteiger partial charge is 0.258 e. The molecule has 0 saturated heterocycles. The predicted octanol–water partition coefficient (Wildman–Crippen LogP) is 3.88. The number of benzene rings is 2. The second kappa shape index (κ2) is 5.52. The number of aromatic nitrogens is 1. The van der Waals surface area contributed by atoms with E-state index in [1.165, 1.54) is 12.1 Å². The van der Waals surface area contributed by atoms with Gasteiger partial charge in [0.2, 0.25) is 0 Å². The molecular weight excluding hydrogens is 283 g/mol. The summed E-state index contributed by atoms with van der Waals surface area (Å²) in [6.07, 6.45) is 0. The Morgan fingerprint density at radius 1 is 1.23 bits per heavy atom. The van der Waals surface area contributed by atoms with Crippen molar-refractivity contribution >= 4 is 22.5 Å². The molecule has 5 heteroatoms. The minimum atomic E-state index is -0.397. The van der Waals surface area contributed by atoms with Gasteiger partial charge >= 0.3 is 0 Å². The Morgan fingerprint density at radius 3 is 2.73 bits per heavy atom. The summed E-state index contributed by atoms with van der Waals surface area (Å²) in [6, 6.07) is 11.3. The summed E-state index contributed by atoms with van der Waals surface area (Å²) in [5.41, 5.74) is 2.46. The van der Waals surface area contributed by atoms with Crippen LogP contribution in [0.1, 0.15) is 16.1 Å². The molecule has 3 rings (SSSR count). The zero-order valence-electron chi connectivity index (χ0n) is 12.2. The fraction of sp³-hybridized carbons (Fsp3) is 0.118. The van der Waals surface area contributed by atoms with Gasteiger partial charge in [0.05, 0.1) is 23.6 Å². The van der Waals surface area contributed by atoms with Crippen molar-refractivity contribution in [1.82, 2.24) is 4.98 Å². The van der Waals surface area contributed by atoms with Gasteiger partial charge in [0.15, 0.2) is 0 Å². The molecule has 112 valence electrons. The van der Waals surface area contributed by atoms with Crippen LogP contribution in [-0.2, 0) is 0 Å². The monoisotopic (exact) mass is 298 g/mol. The minimum Gasteiger partial charge on any atom is -0.496 e. The maximum Gasteiger partial charge on any atom is 0.258 e. The average molecular weight is 298 g/mol. The lowest BCUT2D eigenvalue weighted by molar-refractivity contribution is 0.102. The SMILES string of the molecule is COc1cccc2[nH]c(C)c(C(=O)Nc3cccc(F)c3)c12. The van der Waals surface area contributed by atoms with Gasteiger partial charge in [0.1, 0.15) is 11.6 Å². The molecule has 0 aliphatic heterocycles. The van der Waals surface area contributed by atoms with E-state index < -0.39 is 5.82 Å². The number of rotatable bonds is 3. The van der Waals surface area contributed by atoms with Crippen LogP contribution in [0.25, 0.3) is 10.9 Å². The number of H-pyrrole nitrogens is 1. The van der Waals surface area contributed by atoms with Gasteiger partial charge in [-0.25, -0.2) is 4.39 Å². The molecule has 1 heterocycles. The molecule has 0 atom stereocenters. The van der Waals surface area contributed by atoms with Crippen molar-refractivity contribution in [3.8, 4) is 5.75 Å². The van der Waals surface area contributed by atoms with E-state index in [4.69, 9.17) is 4.74 Å². The van der Waals surface area contributed by atoms with E-state index in [9.17, 15) is 9.18 Å². The molecule has 0 fully saturated rings. The molecule has 22 heavy (non-hydrogen) atoms. The first-order valence-electron chi connectivity index (χ1n) is 6.82. The topological polar surface area (TPSA) is 54.1 Å². The van der Waals surface area contributed by atoms with Crippen molar-refractivity contribution < 1.29 is 13.9 Å². The Labute approximate surface area is 126 Å². The third-order valence-corrected chi connectivity index (χ3v) is 3.50. The number of aromatic amines is 1. The first-order valence-corrected chi connectivity index (χ1v) is 6.82. The lowest BCUT2D eigenvalue weighted by atomic mass is 10.1. The second-order valence-corrected chi connectivity index (χ2v) is 4.97. The Kier molecular flexibility index (Phi) is 3.55. The first kappa shape index (κ1) is 14.1. The molecule has 0 radical (unpaired) electrons. The number of anilines is 1. The Bertz CT molecular complexity index is 855. The molecule has 0 spiro atoms. The average Bonchev–Trinajstić information content (AvgIpc) is 2.83. The maximum absolute atomic E-state index is 13.2. The lowest BCUT2D eigenvalue weighted by Gasteiger charge is -2.07. The van der Waals surface area contributed by atoms with Gasteiger partial charge in [-0.05, 0) is 37.3 Å². The molecule has 0 aliphatic carbocycles. The number of carbonyl (C=O) groups is 1. The van der Waals surface area contributed by atoms with Crippen LogP contribution >= 0.6 is 0 Å². The second-order valence-electron chi connectivity index (χ2n) is 4.97. The van der Waals surface area contributed by atoms with E-state index in [1.807, 2.05) is 19.1 Å². The fourth-order valence-corrected chi connectivity index (χ4v) is 2.56. The van der Waals surface area contributed by atoms with Crippen LogP contribution in [0.15, 0.2) is 42.5 Å². The van der Waals surface area contributed by atoms with Crippen molar-refractivity contribution in [2.24, 2.45) is 0 Å². The van der Waals surface area contributed by atoms with Gasteiger partial charge < -0.3 is 15.0 Å². The van der Waals surface area contributed by atoms with Gasteiger partial charge in [-0.1, -0.05) is 12.1 Å². The van der Waals surface area contributed by atoms with E-state index in [1.54, 1.807) is 25.3 Å². The summed E-state index contributed by atoms with van der Waals surface area (Å²) in [5.74, 6) is -0.0869. The third kappa shape index (κ3) is 2.41. The van der Waals surface area contributed by atoms with Crippen molar-refractivity contribution in [3.63, 3.8) is 0 Å². The largest absolute Gasteiger partial charge is 0.496 e. The van der Waals surface area contributed by atoms with E-state index in [-0.39, 0.29) is 5.91 Å². The van der Waals surface area contributed by atoms with Gasteiger partial charge in [-0.3, -0.25) is 4.79 Å². The zero-order valence-corrected chi connectivity index (χ0v) is 12.2. The number of aryl methyl sites for hydroxylation is 1. The highest BCUT2D eigenvalue weighted by molar-refractivity contribution is 6.15. The zero-order chi connectivity index (χ0) is 15.7. The van der Waals surface area contributed by atoms with Crippen molar-refractivity contribution in [2.45, 2.75) is 6.92 Å². The van der Waals surface area contributed by atoms with Gasteiger partial charge in [-0.15, -0.1) is 0 Å². The predicted molar refractivity (Wildman–Crippen MR) is 83.9 cm³/mol. The highest BCUT2D eigenvalue weighted by Gasteiger charge is 2.19. The van der Waals surface area contributed by atoms with E-state index in [2.05, 4.69) is 10.3 Å². The Hall–Kier alpha value is -2.82. The molecule has 4 nitrogen and oxygen atoms in total. The van der Waals surface area contributed by atoms with Crippen LogP contribution in [0, 0.1) is 12.7 Å². The van der Waals surface area contributed by atoms with Crippen LogP contribution < -0.4 is 10.1 Å². The van der Waals surface area contributed by atoms with Gasteiger partial charge in [0, 0.05) is 11.4 Å². The van der Waals surface area contributed by atoms with E-state index in [0.717, 1.165) is 16.6 Å². The third-order valence-electron chi connectivity index (χ3n) is 3.50.